The Kier molecular flexibility index (Phi) is 37.2. The highest BCUT2D eigenvalue weighted by atomic mass is 35.5. The van der Waals surface area contributed by atoms with Crippen molar-refractivity contribution in [3.05, 3.63) is 135 Å². The molecule has 111 heavy (non-hydrogen) atoms. The molecule has 0 atom stereocenters. The summed E-state index contributed by atoms with van der Waals surface area (Å²) in [5.41, 5.74) is 5.21. The summed E-state index contributed by atoms with van der Waals surface area (Å²) in [5.74, 6) is 5.18. The number of nitrogens with one attached hydrogen (secondary N) is 7. The van der Waals surface area contributed by atoms with Gasteiger partial charge in [-0.05, 0) is 167 Å². The van der Waals surface area contributed by atoms with Crippen LogP contribution >= 0.6 is 59.4 Å². The van der Waals surface area contributed by atoms with Crippen LogP contribution < -0.4 is 40.4 Å². The number of sulfone groups is 1. The average Bonchev–Trinajstić information content (AvgIpc) is 1.12. The van der Waals surface area contributed by atoms with Gasteiger partial charge < -0.3 is 55.3 Å². The number of piperazine rings is 2. The number of aryl methyl sites for hydroxylation is 3. The summed E-state index contributed by atoms with van der Waals surface area (Å²) in [6.45, 7) is 28.5. The van der Waals surface area contributed by atoms with Crippen molar-refractivity contribution in [2.75, 3.05) is 155 Å². The fourth-order valence-electron chi connectivity index (χ4n) is 10.2. The topological polar surface area (TPSA) is 361 Å². The normalized spacial score (nSPS) is 13.0. The molecule has 602 valence electrons. The molecule has 0 bridgehead atoms. The van der Waals surface area contributed by atoms with Crippen molar-refractivity contribution in [3.8, 4) is 17.2 Å². The van der Waals surface area contributed by atoms with E-state index in [4.69, 9.17) is 52.5 Å². The van der Waals surface area contributed by atoms with Crippen LogP contribution in [0.1, 0.15) is 75.3 Å². The molecule has 2 aliphatic heterocycles. The first-order valence-corrected chi connectivity index (χ1v) is 40.2. The van der Waals surface area contributed by atoms with Crippen LogP contribution in [-0.4, -0.2) is 251 Å². The number of rotatable bonds is 27. The molecule has 3 aromatic carbocycles. The number of Topliss-reactive ketones (excluding diaryl/α,β-unsaturated/α-hetero) is 3. The summed E-state index contributed by atoms with van der Waals surface area (Å²) in [4.78, 5) is 74.0. The monoisotopic (exact) mass is 1640 g/mol. The highest BCUT2D eigenvalue weighted by Crippen LogP contribution is 2.40. The van der Waals surface area contributed by atoms with Crippen molar-refractivity contribution in [2.45, 2.75) is 117 Å². The molecular formula is C75H105Cl2N21O9S4. The van der Waals surface area contributed by atoms with Gasteiger partial charge in [-0.2, -0.15) is 20.3 Å². The van der Waals surface area contributed by atoms with E-state index in [0.29, 0.717) is 70.2 Å². The Morgan fingerprint density at radius 1 is 0.550 bits per heavy atom. The zero-order valence-electron chi connectivity index (χ0n) is 66.2. The van der Waals surface area contributed by atoms with Gasteiger partial charge in [-0.15, -0.1) is 12.6 Å². The molecule has 0 saturated carbocycles. The molecular weight excluding hydrogens is 1540 g/mol. The molecule has 2 aliphatic rings. The number of halogens is 2. The first-order chi connectivity index (χ1) is 52.5. The number of methoxy groups -OCH3 is 3. The Morgan fingerprint density at radius 3 is 1.25 bits per heavy atom. The minimum Gasteiger partial charge on any atom is -0.490 e. The van der Waals surface area contributed by atoms with Crippen LogP contribution in [0.4, 0.5) is 40.7 Å². The molecule has 0 unspecified atom stereocenters. The van der Waals surface area contributed by atoms with Gasteiger partial charge in [-0.1, -0.05) is 59.6 Å². The van der Waals surface area contributed by atoms with Gasteiger partial charge >= 0.3 is 0 Å². The van der Waals surface area contributed by atoms with E-state index < -0.39 is 20.6 Å². The lowest BCUT2D eigenvalue weighted by Crippen LogP contribution is -2.48. The van der Waals surface area contributed by atoms with Gasteiger partial charge in [-0.3, -0.25) is 39.5 Å². The van der Waals surface area contributed by atoms with Crippen molar-refractivity contribution < 1.29 is 42.1 Å². The first kappa shape index (κ1) is 91.4. The second-order valence-electron chi connectivity index (χ2n) is 27.5. The van der Waals surface area contributed by atoms with E-state index in [1.165, 1.54) is 63.9 Å². The SMILES string of the molecule is CC(=O)Cc1ccc(S)cc1.CC(C)(C)O.CN(C)CCN1CCNCC1.COc1c(Cl)nc(S(C)(=O)=O)nc1Nc1cc(C)[nH]n1.COc1c(Cl)nc(Sc2ccc(CC(C)=O)cc2)nc1Nc1cc(C)[nH]n1.COc1c(Nc2cc(C)[nH]n2)nc(Sc2ccc(CC(C)=O)cc2)nc1N1CCN(CCN(C)C)CC1. The van der Waals surface area contributed by atoms with Crippen molar-refractivity contribution in [1.29, 1.82) is 0 Å². The maximum atomic E-state index is 11.5. The summed E-state index contributed by atoms with van der Waals surface area (Å²) >= 11 is 19.1. The number of aliphatic hydroxyl groups is 1. The second-order valence-corrected chi connectivity index (χ2v) is 32.7. The van der Waals surface area contributed by atoms with Gasteiger partial charge in [0.05, 0.1) is 26.9 Å². The van der Waals surface area contributed by atoms with Crippen LogP contribution in [0.15, 0.2) is 121 Å². The number of carbonyl (C=O) groups is 3. The van der Waals surface area contributed by atoms with Gasteiger partial charge in [0.2, 0.25) is 20.7 Å². The number of hydrogen-bond donors (Lipinski definition) is 9. The number of carbonyl (C=O) groups excluding carboxylic acids is 3. The van der Waals surface area contributed by atoms with Crippen LogP contribution in [-0.2, 0) is 43.5 Å². The molecule has 11 rings (SSSR count). The third kappa shape index (κ3) is 33.8. The van der Waals surface area contributed by atoms with Gasteiger partial charge in [0.15, 0.2) is 72.8 Å². The van der Waals surface area contributed by atoms with Crippen molar-refractivity contribution in [3.63, 3.8) is 0 Å². The van der Waals surface area contributed by atoms with Gasteiger partial charge in [-0.25, -0.2) is 33.3 Å². The molecule has 0 amide bonds. The Morgan fingerprint density at radius 2 is 0.901 bits per heavy atom. The van der Waals surface area contributed by atoms with Crippen LogP contribution in [0.2, 0.25) is 10.3 Å². The molecule has 0 spiro atoms. The minimum atomic E-state index is -3.59. The number of hydrogen-bond acceptors (Lipinski definition) is 30. The van der Waals surface area contributed by atoms with E-state index >= 15 is 0 Å². The third-order valence-electron chi connectivity index (χ3n) is 15.4. The van der Waals surface area contributed by atoms with E-state index in [1.54, 1.807) is 54.7 Å². The van der Waals surface area contributed by atoms with Crippen molar-refractivity contribution >= 4 is 127 Å². The molecule has 0 radical (unpaired) electrons. The molecule has 6 aromatic heterocycles. The van der Waals surface area contributed by atoms with E-state index in [9.17, 15) is 22.8 Å². The number of ether oxygens (including phenoxy) is 3. The van der Waals surface area contributed by atoms with Crippen LogP contribution in [0.5, 0.6) is 17.2 Å². The summed E-state index contributed by atoms with van der Waals surface area (Å²) in [6.07, 6.45) is 2.38. The zero-order valence-corrected chi connectivity index (χ0v) is 71.0. The summed E-state index contributed by atoms with van der Waals surface area (Å²) < 4.78 is 39.3. The molecule has 8 N–H and O–H groups in total. The number of likely N-dealkylation sites (N-methyl/N-ethyl adjacent to an activating group) is 2. The Balaban J connectivity index is 0.000000228. The first-order valence-electron chi connectivity index (χ1n) is 35.5. The predicted molar refractivity (Wildman–Crippen MR) is 444 cm³/mol. The average molecular weight is 1640 g/mol. The molecule has 2 saturated heterocycles. The number of nitrogens with zero attached hydrogens (tertiary/aromatic N) is 14. The van der Waals surface area contributed by atoms with Crippen molar-refractivity contribution in [2.24, 2.45) is 0 Å². The maximum Gasteiger partial charge on any atom is 0.250 e. The number of aromatic amines is 3. The summed E-state index contributed by atoms with van der Waals surface area (Å²) in [6, 6.07) is 28.8. The quantitative estimate of drug-likeness (QED) is 0.0131. The van der Waals surface area contributed by atoms with Crippen LogP contribution in [0.25, 0.3) is 0 Å². The largest absolute Gasteiger partial charge is 0.490 e. The van der Waals surface area contributed by atoms with Gasteiger partial charge in [0, 0.05) is 154 Å². The Bertz CT molecular complexity index is 4510. The fourth-order valence-corrected chi connectivity index (χ4v) is 12.9. The third-order valence-corrected chi connectivity index (χ3v) is 18.8. The molecule has 36 heteroatoms. The predicted octanol–water partition coefficient (Wildman–Crippen LogP) is 11.1. The van der Waals surface area contributed by atoms with Crippen LogP contribution in [0.3, 0.4) is 0 Å². The van der Waals surface area contributed by atoms with E-state index in [2.05, 4.69) is 137 Å². The molecule has 2 fully saturated rings. The second kappa shape index (κ2) is 45.2. The molecule has 30 nitrogen and oxygen atoms in total. The number of thiol groups is 1. The highest BCUT2D eigenvalue weighted by Gasteiger charge is 2.27. The lowest BCUT2D eigenvalue weighted by Gasteiger charge is -2.36. The number of ketones is 3. The number of anilines is 7. The minimum absolute atomic E-state index is 0.0994. The zero-order chi connectivity index (χ0) is 81.5. The smallest absolute Gasteiger partial charge is 0.250 e. The van der Waals surface area contributed by atoms with Gasteiger partial charge in [0.1, 0.15) is 17.3 Å². The molecule has 8 heterocycles. The molecule has 0 aliphatic carbocycles. The molecule has 9 aromatic rings. The van der Waals surface area contributed by atoms with Gasteiger partial charge in [0.25, 0.3) is 0 Å². The van der Waals surface area contributed by atoms with E-state index in [1.807, 2.05) is 106 Å². The standard InChI is InChI=1S/C26H36N8O2S.C18H18ClN5O2S.C10H12ClN5O3S.C9H10OS.C8H19N3.C4H10O/c1-18-16-22(31-30-18)27-24-23(36-5)25(34-14-12-33(13-15-34)11-10-32(3)4)29-26(28-24)37-21-8-6-20(7-9-21)17-19(2)35;1-10-8-14(24-23-10)20-17-15(26-3)16(19)21-18(22-17)27-13-6-4-12(5-7-13)9-11(2)25;1-5-4-6(16-15-5)12-9-7(19-2)8(11)13-10(14-9)20(3,17)18;1-7(10)6-8-2-4-9(11)5-3-8;1-10(2)7-8-11-5-3-9-4-6-11;1-4(2,3)5/h6-9,16H,10-15,17H2,1-5H3,(H2,27,28,29,30,31);4-8H,9H2,1-3H3,(H2,20,21,22,23,24);4H,1-3H3,(H2,12,13,14,15,16);2-5,11H,6H2,1H3;9H,3-8H2,1-2H3;5H,1-3H3. The summed E-state index contributed by atoms with van der Waals surface area (Å²) in [5, 5.41) is 42.8. The number of aromatic nitrogens is 12. The van der Waals surface area contributed by atoms with Crippen molar-refractivity contribution in [1.82, 2.24) is 85.4 Å². The highest BCUT2D eigenvalue weighted by molar-refractivity contribution is 7.99. The number of H-pyrrole nitrogens is 3. The van der Waals surface area contributed by atoms with E-state index in [0.717, 1.165) is 113 Å². The maximum absolute atomic E-state index is 11.5. The summed E-state index contributed by atoms with van der Waals surface area (Å²) in [7, 11) is 9.41. The Hall–Kier alpha value is -8.52. The Labute approximate surface area is 675 Å². The van der Waals surface area contributed by atoms with Crippen LogP contribution in [0, 0.1) is 20.8 Å². The van der Waals surface area contributed by atoms with E-state index in [-0.39, 0.29) is 39.2 Å². The fraction of sp³-hybridized carbons (Fsp3) is 0.440. The lowest BCUT2D eigenvalue weighted by molar-refractivity contribution is -0.117. The lowest BCUT2D eigenvalue weighted by atomic mass is 10.1. The number of benzene rings is 3.